The molecule has 2 heterocycles. The molecule has 0 radical (unpaired) electrons. The summed E-state index contributed by atoms with van der Waals surface area (Å²) in [6, 6.07) is 2.69. The molecule has 2 bridgehead atoms. The third-order valence-electron chi connectivity index (χ3n) is 3.52. The Labute approximate surface area is 75.1 Å². The highest BCUT2D eigenvalue weighted by Crippen LogP contribution is 2.36. The maximum absolute atomic E-state index is 6.10. The van der Waals surface area contributed by atoms with Gasteiger partial charge in [0.25, 0.3) is 0 Å². The van der Waals surface area contributed by atoms with Crippen LogP contribution in [0.2, 0.25) is 0 Å². The van der Waals surface area contributed by atoms with Gasteiger partial charge in [-0.3, -0.25) is 4.90 Å². The Bertz CT molecular complexity index is 167. The average Bonchev–Trinajstić information content (AvgIpc) is 2.35. The van der Waals surface area contributed by atoms with Crippen molar-refractivity contribution >= 4 is 0 Å². The van der Waals surface area contributed by atoms with Crippen molar-refractivity contribution in [3.8, 4) is 0 Å². The fourth-order valence-corrected chi connectivity index (χ4v) is 3.04. The van der Waals surface area contributed by atoms with Gasteiger partial charge in [-0.2, -0.15) is 0 Å². The molecule has 0 aromatic rings. The summed E-state index contributed by atoms with van der Waals surface area (Å²) in [7, 11) is 0. The lowest BCUT2D eigenvalue weighted by Crippen LogP contribution is -2.53. The quantitative estimate of drug-likeness (QED) is 0.640. The number of nitrogens with two attached hydrogens (primary N) is 1. The lowest BCUT2D eigenvalue weighted by molar-refractivity contribution is 0.0893. The second-order valence-corrected chi connectivity index (χ2v) is 4.58. The van der Waals surface area contributed by atoms with Gasteiger partial charge < -0.3 is 5.73 Å². The van der Waals surface area contributed by atoms with Gasteiger partial charge in [0.15, 0.2) is 0 Å². The molecule has 0 saturated carbocycles. The predicted molar refractivity (Wildman–Crippen MR) is 51.0 cm³/mol. The van der Waals surface area contributed by atoms with E-state index in [4.69, 9.17) is 5.73 Å². The number of rotatable bonds is 1. The van der Waals surface area contributed by atoms with Crippen LogP contribution in [0.3, 0.4) is 0 Å². The molecule has 0 unspecified atom stereocenters. The van der Waals surface area contributed by atoms with Gasteiger partial charge in [-0.25, -0.2) is 0 Å². The normalized spacial score (nSPS) is 42.5. The molecule has 2 nitrogen and oxygen atoms in total. The fraction of sp³-hybridized carbons (Fsp3) is 1.00. The highest BCUT2D eigenvalue weighted by Gasteiger charge is 2.41. The first-order chi connectivity index (χ1) is 5.70. The molecule has 2 aliphatic rings. The van der Waals surface area contributed by atoms with Gasteiger partial charge in [0, 0.05) is 24.2 Å². The zero-order valence-electron chi connectivity index (χ0n) is 8.16. The molecule has 2 N–H and O–H groups in total. The molecule has 2 heteroatoms. The zero-order chi connectivity index (χ0) is 8.72. The Morgan fingerprint density at radius 3 is 2.42 bits per heavy atom. The van der Waals surface area contributed by atoms with Gasteiger partial charge in [-0.15, -0.1) is 0 Å². The highest BCUT2D eigenvalue weighted by atomic mass is 15.3. The summed E-state index contributed by atoms with van der Waals surface area (Å²) in [6.45, 7) is 4.59. The first-order valence-electron chi connectivity index (χ1n) is 5.23. The number of hydrogen-bond donors (Lipinski definition) is 1. The Kier molecular flexibility index (Phi) is 2.13. The minimum absolute atomic E-state index is 0.450. The molecule has 2 fully saturated rings. The number of fused-ring (bicyclic) bond motifs is 2. The average molecular weight is 168 g/mol. The van der Waals surface area contributed by atoms with Crippen LogP contribution in [0.4, 0.5) is 0 Å². The molecule has 2 rings (SSSR count). The van der Waals surface area contributed by atoms with E-state index in [1.165, 1.54) is 25.7 Å². The molecule has 0 aromatic heterocycles. The van der Waals surface area contributed by atoms with Crippen molar-refractivity contribution in [2.75, 3.05) is 0 Å². The van der Waals surface area contributed by atoms with E-state index < -0.39 is 0 Å². The molecule has 70 valence electrons. The summed E-state index contributed by atoms with van der Waals surface area (Å²) in [5.41, 5.74) is 6.10. The molecule has 2 aliphatic heterocycles. The van der Waals surface area contributed by atoms with Crippen LogP contribution >= 0.6 is 0 Å². The third kappa shape index (κ3) is 1.17. The van der Waals surface area contributed by atoms with Crippen LogP contribution in [0.15, 0.2) is 0 Å². The fourth-order valence-electron chi connectivity index (χ4n) is 3.04. The summed E-state index contributed by atoms with van der Waals surface area (Å²) in [4.78, 5) is 2.65. The van der Waals surface area contributed by atoms with E-state index in [9.17, 15) is 0 Å². The van der Waals surface area contributed by atoms with Crippen molar-refractivity contribution in [2.45, 2.75) is 63.7 Å². The summed E-state index contributed by atoms with van der Waals surface area (Å²) in [5, 5.41) is 0. The first-order valence-corrected chi connectivity index (χ1v) is 5.23. The molecule has 0 amide bonds. The van der Waals surface area contributed by atoms with Gasteiger partial charge in [-0.1, -0.05) is 0 Å². The molecule has 0 aromatic carbocycles. The topological polar surface area (TPSA) is 29.3 Å². The second kappa shape index (κ2) is 3.00. The summed E-state index contributed by atoms with van der Waals surface area (Å²) in [5.74, 6) is 0. The van der Waals surface area contributed by atoms with Gasteiger partial charge in [0.05, 0.1) is 0 Å². The van der Waals surface area contributed by atoms with Gasteiger partial charge >= 0.3 is 0 Å². The van der Waals surface area contributed by atoms with Crippen LogP contribution in [0.25, 0.3) is 0 Å². The van der Waals surface area contributed by atoms with Crippen molar-refractivity contribution in [3.05, 3.63) is 0 Å². The minimum atomic E-state index is 0.450. The van der Waals surface area contributed by atoms with E-state index in [0.717, 1.165) is 6.04 Å². The van der Waals surface area contributed by atoms with Gasteiger partial charge in [-0.05, 0) is 39.5 Å². The smallest absolute Gasteiger partial charge is 0.0253 e. The highest BCUT2D eigenvalue weighted by molar-refractivity contribution is 4.99. The van der Waals surface area contributed by atoms with E-state index in [0.29, 0.717) is 18.1 Å². The molecule has 0 aliphatic carbocycles. The number of hydrogen-bond acceptors (Lipinski definition) is 2. The van der Waals surface area contributed by atoms with Gasteiger partial charge in [0.1, 0.15) is 0 Å². The lowest BCUT2D eigenvalue weighted by atomic mass is 9.97. The van der Waals surface area contributed by atoms with Crippen molar-refractivity contribution in [1.82, 2.24) is 4.90 Å². The standard InChI is InChI=1S/C10H20N2/c1-7(2)12-8-3-5-9(11)10(12)6-4-8/h7-10H,3-6,11H2,1-2H3/t8-,9+,10-/m1/s1. The zero-order valence-corrected chi connectivity index (χ0v) is 8.16. The SMILES string of the molecule is CC(C)N1[C@H]2CC[C@@H]1[C@@H](N)CC2. The molecular formula is C10H20N2. The summed E-state index contributed by atoms with van der Waals surface area (Å²) < 4.78 is 0. The van der Waals surface area contributed by atoms with Gasteiger partial charge in [0.2, 0.25) is 0 Å². The Balaban J connectivity index is 2.13. The lowest BCUT2D eigenvalue weighted by Gasteiger charge is -2.41. The van der Waals surface area contributed by atoms with Crippen LogP contribution < -0.4 is 5.73 Å². The Morgan fingerprint density at radius 2 is 1.83 bits per heavy atom. The van der Waals surface area contributed by atoms with Crippen LogP contribution in [0, 0.1) is 0 Å². The Morgan fingerprint density at radius 1 is 1.17 bits per heavy atom. The second-order valence-electron chi connectivity index (χ2n) is 4.58. The van der Waals surface area contributed by atoms with Crippen LogP contribution in [0.5, 0.6) is 0 Å². The van der Waals surface area contributed by atoms with Crippen molar-refractivity contribution in [2.24, 2.45) is 5.73 Å². The largest absolute Gasteiger partial charge is 0.326 e. The van der Waals surface area contributed by atoms with E-state index in [1.54, 1.807) is 0 Å². The Hall–Kier alpha value is -0.0800. The monoisotopic (exact) mass is 168 g/mol. The summed E-state index contributed by atoms with van der Waals surface area (Å²) in [6.07, 6.45) is 5.30. The van der Waals surface area contributed by atoms with E-state index in [-0.39, 0.29) is 0 Å². The maximum atomic E-state index is 6.10. The van der Waals surface area contributed by atoms with Crippen LogP contribution in [-0.4, -0.2) is 29.1 Å². The molecule has 12 heavy (non-hydrogen) atoms. The molecule has 3 atom stereocenters. The first kappa shape index (κ1) is 8.52. The van der Waals surface area contributed by atoms with Crippen LogP contribution in [-0.2, 0) is 0 Å². The summed E-state index contributed by atoms with van der Waals surface area (Å²) >= 11 is 0. The van der Waals surface area contributed by atoms with E-state index in [2.05, 4.69) is 18.7 Å². The maximum Gasteiger partial charge on any atom is 0.0253 e. The number of piperidine rings is 1. The molecule has 2 saturated heterocycles. The van der Waals surface area contributed by atoms with Crippen molar-refractivity contribution in [1.29, 1.82) is 0 Å². The number of nitrogens with zero attached hydrogens (tertiary/aromatic N) is 1. The van der Waals surface area contributed by atoms with E-state index >= 15 is 0 Å². The van der Waals surface area contributed by atoms with E-state index in [1.807, 2.05) is 0 Å². The third-order valence-corrected chi connectivity index (χ3v) is 3.52. The minimum Gasteiger partial charge on any atom is -0.326 e. The van der Waals surface area contributed by atoms with Crippen molar-refractivity contribution in [3.63, 3.8) is 0 Å². The van der Waals surface area contributed by atoms with Crippen molar-refractivity contribution < 1.29 is 0 Å². The molecular weight excluding hydrogens is 148 g/mol. The molecule has 0 spiro atoms. The van der Waals surface area contributed by atoms with Crippen LogP contribution in [0.1, 0.15) is 39.5 Å². The predicted octanol–water partition coefficient (Wildman–Crippen LogP) is 1.35.